The quantitative estimate of drug-likeness (QED) is 0.837. The molecule has 0 radical (unpaired) electrons. The van der Waals surface area contributed by atoms with Gasteiger partial charge in [-0.1, -0.05) is 11.6 Å². The van der Waals surface area contributed by atoms with E-state index in [1.54, 1.807) is 5.32 Å². The number of hydrogen-bond donors (Lipinski definition) is 2. The summed E-state index contributed by atoms with van der Waals surface area (Å²) in [6, 6.07) is 3.08. The van der Waals surface area contributed by atoms with Crippen molar-refractivity contribution in [1.29, 1.82) is 0 Å². The number of rotatable bonds is 4. The molecule has 0 atom stereocenters. The largest absolute Gasteiger partial charge is 0.383 e. The smallest absolute Gasteiger partial charge is 0.366 e. The van der Waals surface area contributed by atoms with Gasteiger partial charge in [0.1, 0.15) is 0 Å². The third kappa shape index (κ3) is 3.34. The highest BCUT2D eigenvalue weighted by Crippen LogP contribution is 2.26. The summed E-state index contributed by atoms with van der Waals surface area (Å²) in [6.07, 6.45) is -4.14. The molecule has 4 nitrogen and oxygen atoms in total. The van der Waals surface area contributed by atoms with E-state index in [4.69, 9.17) is 17.3 Å². The maximum atomic E-state index is 12.7. The average Bonchev–Trinajstić information content (AvgIpc) is 2.30. The lowest BCUT2D eigenvalue weighted by atomic mass is 10.2. The van der Waals surface area contributed by atoms with Crippen molar-refractivity contribution in [3.63, 3.8) is 0 Å². The molecule has 0 saturated carbocycles. The number of anilines is 1. The molecule has 0 saturated heterocycles. The van der Waals surface area contributed by atoms with Crippen molar-refractivity contribution in [2.45, 2.75) is 12.3 Å². The summed E-state index contributed by atoms with van der Waals surface area (Å²) in [4.78, 5) is 21.9. The van der Waals surface area contributed by atoms with E-state index in [9.17, 15) is 27.2 Å². The first-order chi connectivity index (χ1) is 8.66. The van der Waals surface area contributed by atoms with E-state index in [0.717, 1.165) is 18.2 Å². The summed E-state index contributed by atoms with van der Waals surface area (Å²) in [5.74, 6) is -7.99. The number of nitrogens with one attached hydrogen (secondary N) is 1. The van der Waals surface area contributed by atoms with Crippen LogP contribution in [0.5, 0.6) is 0 Å². The van der Waals surface area contributed by atoms with Crippen LogP contribution in [-0.4, -0.2) is 24.2 Å². The zero-order chi connectivity index (χ0) is 14.8. The molecular formula is C10H7ClF4N2O2. The van der Waals surface area contributed by atoms with Crippen LogP contribution in [0.15, 0.2) is 18.2 Å². The molecule has 0 aliphatic carbocycles. The topological polar surface area (TPSA) is 72.2 Å². The Labute approximate surface area is 109 Å². The van der Waals surface area contributed by atoms with E-state index in [1.165, 1.54) is 0 Å². The van der Waals surface area contributed by atoms with Crippen molar-refractivity contribution in [2.75, 3.05) is 5.32 Å². The lowest BCUT2D eigenvalue weighted by Gasteiger charge is -2.15. The van der Waals surface area contributed by atoms with Crippen LogP contribution in [0.1, 0.15) is 10.4 Å². The van der Waals surface area contributed by atoms with Crippen molar-refractivity contribution >= 4 is 29.1 Å². The number of carbonyl (C=O) groups is 2. The van der Waals surface area contributed by atoms with Crippen LogP contribution in [0.2, 0.25) is 5.02 Å². The molecule has 19 heavy (non-hydrogen) atoms. The minimum atomic E-state index is -4.84. The molecular weight excluding hydrogens is 292 g/mol. The molecule has 9 heteroatoms. The first-order valence-corrected chi connectivity index (χ1v) is 5.10. The Morgan fingerprint density at radius 3 is 2.37 bits per heavy atom. The van der Waals surface area contributed by atoms with Crippen LogP contribution < -0.4 is 11.1 Å². The van der Waals surface area contributed by atoms with Crippen molar-refractivity contribution in [2.24, 2.45) is 5.73 Å². The van der Waals surface area contributed by atoms with Gasteiger partial charge < -0.3 is 11.1 Å². The lowest BCUT2D eigenvalue weighted by Crippen LogP contribution is -2.41. The highest BCUT2D eigenvalue weighted by molar-refractivity contribution is 6.34. The van der Waals surface area contributed by atoms with Crippen LogP contribution in [0, 0.1) is 0 Å². The van der Waals surface area contributed by atoms with Gasteiger partial charge in [0.2, 0.25) is 5.91 Å². The van der Waals surface area contributed by atoms with E-state index in [-0.39, 0.29) is 16.3 Å². The number of benzene rings is 1. The molecule has 104 valence electrons. The molecule has 1 rings (SSSR count). The van der Waals surface area contributed by atoms with Crippen molar-refractivity contribution in [1.82, 2.24) is 0 Å². The maximum Gasteiger partial charge on any atom is 0.383 e. The summed E-state index contributed by atoms with van der Waals surface area (Å²) >= 11 is 5.59. The zero-order valence-corrected chi connectivity index (χ0v) is 9.85. The number of nitrogens with two attached hydrogens (primary N) is 1. The van der Waals surface area contributed by atoms with Crippen LogP contribution in [-0.2, 0) is 4.79 Å². The summed E-state index contributed by atoms with van der Waals surface area (Å²) < 4.78 is 49.2. The number of alkyl halides is 4. The number of halogens is 5. The number of carbonyl (C=O) groups excluding carboxylic acids is 2. The van der Waals surface area contributed by atoms with Gasteiger partial charge in [-0.05, 0) is 18.2 Å². The first-order valence-electron chi connectivity index (χ1n) is 4.73. The molecule has 1 aromatic carbocycles. The third-order valence-corrected chi connectivity index (χ3v) is 2.40. The van der Waals surface area contributed by atoms with E-state index < -0.39 is 24.2 Å². The Hall–Kier alpha value is -1.83. The normalized spacial score (nSPS) is 11.5. The second-order valence-electron chi connectivity index (χ2n) is 3.44. The molecule has 2 amide bonds. The fourth-order valence-corrected chi connectivity index (χ4v) is 1.32. The Balaban J connectivity index is 2.98. The molecule has 1 aromatic rings. The Morgan fingerprint density at radius 2 is 1.89 bits per heavy atom. The van der Waals surface area contributed by atoms with E-state index in [2.05, 4.69) is 0 Å². The van der Waals surface area contributed by atoms with Gasteiger partial charge in [-0.15, -0.1) is 0 Å². The summed E-state index contributed by atoms with van der Waals surface area (Å²) in [5.41, 5.74) is 4.41. The van der Waals surface area contributed by atoms with Crippen LogP contribution in [0.25, 0.3) is 0 Å². The average molecular weight is 299 g/mol. The third-order valence-electron chi connectivity index (χ3n) is 2.07. The summed E-state index contributed by atoms with van der Waals surface area (Å²) in [6.45, 7) is 0. The maximum absolute atomic E-state index is 12.7. The minimum absolute atomic E-state index is 0.0638. The highest BCUT2D eigenvalue weighted by Gasteiger charge is 2.48. The van der Waals surface area contributed by atoms with Gasteiger partial charge in [0.15, 0.2) is 0 Å². The molecule has 0 unspecified atom stereocenters. The number of hydrogen-bond acceptors (Lipinski definition) is 2. The number of primary amides is 1. The van der Waals surface area contributed by atoms with Crippen molar-refractivity contribution in [3.05, 3.63) is 28.8 Å². The van der Waals surface area contributed by atoms with Gasteiger partial charge in [-0.25, -0.2) is 8.78 Å². The Kier molecular flexibility index (Phi) is 4.35. The van der Waals surface area contributed by atoms with Gasteiger partial charge in [-0.3, -0.25) is 9.59 Å². The molecule has 0 heterocycles. The molecule has 0 aromatic heterocycles. The number of amides is 2. The Morgan fingerprint density at radius 1 is 1.32 bits per heavy atom. The van der Waals surface area contributed by atoms with Crippen LogP contribution in [0.4, 0.5) is 23.2 Å². The fraction of sp³-hybridized carbons (Fsp3) is 0.200. The molecule has 0 bridgehead atoms. The van der Waals surface area contributed by atoms with Crippen LogP contribution in [0.3, 0.4) is 0 Å². The van der Waals surface area contributed by atoms with Crippen LogP contribution >= 0.6 is 11.6 Å². The van der Waals surface area contributed by atoms with Gasteiger partial charge >= 0.3 is 18.3 Å². The minimum Gasteiger partial charge on any atom is -0.366 e. The van der Waals surface area contributed by atoms with Gasteiger partial charge in [0, 0.05) is 5.69 Å². The first kappa shape index (κ1) is 15.2. The SMILES string of the molecule is NC(=O)c1cc(NC(=O)C(F)(F)C(F)F)ccc1Cl. The lowest BCUT2D eigenvalue weighted by molar-refractivity contribution is -0.163. The predicted molar refractivity (Wildman–Crippen MR) is 59.6 cm³/mol. The standard InChI is InChI=1S/C10H7ClF4N2O2/c11-6-2-1-4(3-5(6)7(16)18)17-9(19)10(14,15)8(12)13/h1-3,8H,(H2,16,18)(H,17,19). The molecule has 0 aliphatic rings. The molecule has 0 fully saturated rings. The van der Waals surface area contributed by atoms with E-state index >= 15 is 0 Å². The summed E-state index contributed by atoms with van der Waals surface area (Å²) in [5, 5.41) is 1.49. The molecule has 0 aliphatic heterocycles. The zero-order valence-electron chi connectivity index (χ0n) is 9.09. The summed E-state index contributed by atoms with van der Waals surface area (Å²) in [7, 11) is 0. The second-order valence-corrected chi connectivity index (χ2v) is 3.84. The van der Waals surface area contributed by atoms with Crippen molar-refractivity contribution in [3.8, 4) is 0 Å². The Bertz CT molecular complexity index is 522. The molecule has 3 N–H and O–H groups in total. The predicted octanol–water partition coefficient (Wildman–Crippen LogP) is 2.28. The fourth-order valence-electron chi connectivity index (χ4n) is 1.11. The molecule has 0 spiro atoms. The van der Waals surface area contributed by atoms with Gasteiger partial charge in [0.05, 0.1) is 10.6 Å². The monoisotopic (exact) mass is 298 g/mol. The van der Waals surface area contributed by atoms with Gasteiger partial charge in [-0.2, -0.15) is 8.78 Å². The second kappa shape index (κ2) is 5.43. The van der Waals surface area contributed by atoms with E-state index in [1.807, 2.05) is 0 Å². The van der Waals surface area contributed by atoms with E-state index in [0.29, 0.717) is 0 Å². The van der Waals surface area contributed by atoms with Crippen molar-refractivity contribution < 1.29 is 27.2 Å². The van der Waals surface area contributed by atoms with Gasteiger partial charge in [0.25, 0.3) is 0 Å². The highest BCUT2D eigenvalue weighted by atomic mass is 35.5.